The van der Waals surface area contributed by atoms with Gasteiger partial charge in [-0.1, -0.05) is 30.3 Å². The fraction of sp³-hybridized carbons (Fsp3) is 0.143. The third-order valence-corrected chi connectivity index (χ3v) is 2.02. The van der Waals surface area contributed by atoms with Crippen LogP contribution in [0.15, 0.2) is 30.3 Å². The van der Waals surface area contributed by atoms with E-state index in [4.69, 9.17) is 14.0 Å². The summed E-state index contributed by atoms with van der Waals surface area (Å²) in [6, 6.07) is 8.40. The fourth-order valence-corrected chi connectivity index (χ4v) is 1.18. The Balaban J connectivity index is -0.000000136. The van der Waals surface area contributed by atoms with Gasteiger partial charge in [0.25, 0.3) is 0 Å². The molecule has 7 heteroatoms. The number of hydrogen-bond donors (Lipinski definition) is 2. The molecule has 0 aliphatic rings. The second-order valence-electron chi connectivity index (χ2n) is 2.09. The molecule has 0 aliphatic carbocycles. The van der Waals surface area contributed by atoms with Crippen LogP contribution in [0.1, 0.15) is 14.3 Å². The summed E-state index contributed by atoms with van der Waals surface area (Å²) in [4.78, 5) is 8.53. The first-order valence-electron chi connectivity index (χ1n) is 3.24. The summed E-state index contributed by atoms with van der Waals surface area (Å²) in [6.07, 6.45) is 0. The van der Waals surface area contributed by atoms with Crippen molar-refractivity contribution in [1.82, 2.24) is 0 Å². The van der Waals surface area contributed by atoms with Crippen LogP contribution in [0.3, 0.4) is 0 Å². The topological polar surface area (TPSA) is 57.5 Å². The zero-order chi connectivity index (χ0) is 10.3. The number of benzene rings is 1. The SMILES string of the molecule is FCl.O=[P+](O)C(O)c1ccccc1.[Ba+2].[H-].[H-]. The molecule has 0 aliphatic heterocycles. The number of hydrogen-bond acceptors (Lipinski definition) is 2. The summed E-state index contributed by atoms with van der Waals surface area (Å²) in [5, 5.41) is 9.06. The van der Waals surface area contributed by atoms with Crippen LogP contribution in [0.2, 0.25) is 0 Å². The van der Waals surface area contributed by atoms with Crippen molar-refractivity contribution in [2.45, 2.75) is 5.85 Å². The molecule has 0 amide bonds. The molecule has 1 rings (SSSR count). The molecule has 0 saturated heterocycles. The minimum absolute atomic E-state index is 0. The first-order valence-corrected chi connectivity index (χ1v) is 4.81. The Kier molecular flexibility index (Phi) is 13.1. The van der Waals surface area contributed by atoms with Crippen molar-refractivity contribution in [3.63, 3.8) is 0 Å². The van der Waals surface area contributed by atoms with Gasteiger partial charge in [0, 0.05) is 5.56 Å². The van der Waals surface area contributed by atoms with Crippen molar-refractivity contribution < 1.29 is 21.4 Å². The van der Waals surface area contributed by atoms with E-state index in [0.29, 0.717) is 5.56 Å². The van der Waals surface area contributed by atoms with Gasteiger partial charge in [0.1, 0.15) is 12.0 Å². The Hall–Kier alpha value is 1.03. The molecule has 14 heavy (non-hydrogen) atoms. The van der Waals surface area contributed by atoms with Gasteiger partial charge in [0.05, 0.1) is 0 Å². The molecule has 0 saturated carbocycles. The number of aliphatic hydroxyl groups excluding tert-OH is 1. The molecule has 2 N–H and O–H groups in total. The molecule has 2 unspecified atom stereocenters. The molecule has 0 radical (unpaired) electrons. The molecule has 1 aromatic carbocycles. The van der Waals surface area contributed by atoms with Crippen molar-refractivity contribution in [2.75, 3.05) is 0 Å². The van der Waals surface area contributed by atoms with E-state index < -0.39 is 13.9 Å². The summed E-state index contributed by atoms with van der Waals surface area (Å²) >= 11 is 3.14. The zero-order valence-electron chi connectivity index (χ0n) is 9.18. The zero-order valence-corrected chi connectivity index (χ0v) is 13.3. The van der Waals surface area contributed by atoms with E-state index in [0.717, 1.165) is 0 Å². The van der Waals surface area contributed by atoms with Crippen LogP contribution in [-0.2, 0) is 4.57 Å². The molecule has 3 nitrogen and oxygen atoms in total. The smallest absolute Gasteiger partial charge is 1.00 e. The third-order valence-electron chi connectivity index (χ3n) is 1.31. The maximum Gasteiger partial charge on any atom is 2.00 e. The molecule has 0 heterocycles. The molecule has 76 valence electrons. The van der Waals surface area contributed by atoms with E-state index in [1.165, 1.54) is 0 Å². The predicted molar refractivity (Wildman–Crippen MR) is 56.2 cm³/mol. The van der Waals surface area contributed by atoms with Gasteiger partial charge in [0.2, 0.25) is 0 Å². The summed E-state index contributed by atoms with van der Waals surface area (Å²) < 4.78 is 19.4. The Morgan fingerprint density at radius 2 is 1.79 bits per heavy atom. The molecular weight excluding hydrogens is 355 g/mol. The van der Waals surface area contributed by atoms with Crippen molar-refractivity contribution in [3.05, 3.63) is 35.9 Å². The van der Waals surface area contributed by atoms with Crippen molar-refractivity contribution in [2.24, 2.45) is 0 Å². The predicted octanol–water partition coefficient (Wildman–Crippen LogP) is 2.37. The van der Waals surface area contributed by atoms with E-state index >= 15 is 0 Å². The first kappa shape index (κ1) is 17.4. The number of halogens is 2. The van der Waals surface area contributed by atoms with Gasteiger partial charge in [-0.25, -0.2) is 0 Å². The first-order chi connectivity index (χ1) is 6.22. The minimum Gasteiger partial charge on any atom is -1.00 e. The Labute approximate surface area is 130 Å². The maximum atomic E-state index is 10.4. The largest absolute Gasteiger partial charge is 2.00 e. The van der Waals surface area contributed by atoms with Crippen molar-refractivity contribution in [3.8, 4) is 0 Å². The molecule has 0 fully saturated rings. The van der Waals surface area contributed by atoms with Crippen LogP contribution >= 0.6 is 20.0 Å². The second kappa shape index (κ2) is 10.5. The number of rotatable bonds is 2. The van der Waals surface area contributed by atoms with Crippen LogP contribution < -0.4 is 0 Å². The van der Waals surface area contributed by atoms with Crippen LogP contribution in [-0.4, -0.2) is 58.9 Å². The molecule has 0 spiro atoms. The Morgan fingerprint density at radius 3 is 2.14 bits per heavy atom. The van der Waals surface area contributed by atoms with Gasteiger partial charge in [-0.2, -0.15) is 4.89 Å². The minimum atomic E-state index is -2.53. The maximum absolute atomic E-state index is 10.4. The molecular formula is C7H10BaClFO3P+. The average molecular weight is 365 g/mol. The summed E-state index contributed by atoms with van der Waals surface area (Å²) in [6.45, 7) is 0. The van der Waals surface area contributed by atoms with Crippen LogP contribution in [0.25, 0.3) is 0 Å². The Morgan fingerprint density at radius 1 is 1.36 bits per heavy atom. The van der Waals surface area contributed by atoms with Crippen molar-refractivity contribution in [1.29, 1.82) is 0 Å². The molecule has 0 bridgehead atoms. The summed E-state index contributed by atoms with van der Waals surface area (Å²) in [7, 11) is -2.53. The van der Waals surface area contributed by atoms with Crippen LogP contribution in [0.4, 0.5) is 3.98 Å². The summed E-state index contributed by atoms with van der Waals surface area (Å²) in [5.41, 5.74) is 0.469. The van der Waals surface area contributed by atoms with Crippen molar-refractivity contribution >= 4 is 68.9 Å². The van der Waals surface area contributed by atoms with Crippen LogP contribution in [0.5, 0.6) is 0 Å². The van der Waals surface area contributed by atoms with E-state index in [-0.39, 0.29) is 51.7 Å². The van der Waals surface area contributed by atoms with E-state index in [2.05, 4.69) is 12.0 Å². The monoisotopic (exact) mass is 365 g/mol. The molecule has 2 atom stereocenters. The number of aliphatic hydroxyl groups is 1. The molecule has 0 aromatic heterocycles. The standard InChI is InChI=1S/C7H7O3P.Ba.ClF.2H/c8-7(11(9)10)6-4-2-1-3-5-6;;1-2;;/h1-5,7-8H;;;;/q;+2;;2*-1/p+1. The molecule has 1 aromatic rings. The Bertz CT molecular complexity index is 271. The third kappa shape index (κ3) is 6.50. The quantitative estimate of drug-likeness (QED) is 0.625. The average Bonchev–Trinajstić information content (AvgIpc) is 2.21. The fourth-order valence-electron chi connectivity index (χ4n) is 0.753. The van der Waals surface area contributed by atoms with Gasteiger partial charge in [0.15, 0.2) is 0 Å². The van der Waals surface area contributed by atoms with E-state index in [1.54, 1.807) is 30.3 Å². The van der Waals surface area contributed by atoms with Crippen LogP contribution in [0, 0.1) is 0 Å². The van der Waals surface area contributed by atoms with Gasteiger partial charge in [-0.3, -0.25) is 0 Å². The normalized spacial score (nSPS) is 11.6. The second-order valence-corrected chi connectivity index (χ2v) is 3.18. The summed E-state index contributed by atoms with van der Waals surface area (Å²) in [5.74, 6) is -1.26. The van der Waals surface area contributed by atoms with E-state index in [9.17, 15) is 4.57 Å². The van der Waals surface area contributed by atoms with Gasteiger partial charge >= 0.3 is 62.8 Å². The van der Waals surface area contributed by atoms with Gasteiger partial charge in [-0.15, -0.1) is 3.98 Å². The van der Waals surface area contributed by atoms with Gasteiger partial charge < -0.3 is 7.96 Å². The van der Waals surface area contributed by atoms with Gasteiger partial charge in [-0.05, 0) is 4.57 Å². The van der Waals surface area contributed by atoms with E-state index in [1.807, 2.05) is 0 Å².